The van der Waals surface area contributed by atoms with Gasteiger partial charge >= 0.3 is 0 Å². The monoisotopic (exact) mass is 200 g/mol. The molecule has 1 aliphatic rings. The second-order valence-electron chi connectivity index (χ2n) is 5.05. The van der Waals surface area contributed by atoms with Crippen molar-refractivity contribution in [2.24, 2.45) is 5.73 Å². The molecule has 1 aliphatic heterocycles. The molecule has 3 nitrogen and oxygen atoms in total. The number of rotatable bonds is 3. The standard InChI is InChI=1S/C11H24N2O/c1-5-10(12)7-13-6-9(2)14-11(3,4)8-13/h9-10H,5-8,12H2,1-4H3. The number of hydrogen-bond donors (Lipinski definition) is 1. The zero-order chi connectivity index (χ0) is 10.8. The molecule has 0 saturated carbocycles. The maximum absolute atomic E-state index is 5.96. The highest BCUT2D eigenvalue weighted by Crippen LogP contribution is 2.20. The average molecular weight is 200 g/mol. The van der Waals surface area contributed by atoms with Crippen molar-refractivity contribution >= 4 is 0 Å². The molecule has 1 fully saturated rings. The summed E-state index contributed by atoms with van der Waals surface area (Å²) in [5.41, 5.74) is 5.93. The van der Waals surface area contributed by atoms with E-state index in [2.05, 4.69) is 32.6 Å². The molecule has 0 amide bonds. The lowest BCUT2D eigenvalue weighted by Gasteiger charge is -2.42. The van der Waals surface area contributed by atoms with Crippen molar-refractivity contribution in [2.75, 3.05) is 19.6 Å². The topological polar surface area (TPSA) is 38.5 Å². The van der Waals surface area contributed by atoms with Crippen LogP contribution in [0.5, 0.6) is 0 Å². The quantitative estimate of drug-likeness (QED) is 0.744. The predicted molar refractivity (Wildman–Crippen MR) is 59.3 cm³/mol. The number of nitrogens with zero attached hydrogens (tertiary/aromatic N) is 1. The highest BCUT2D eigenvalue weighted by Gasteiger charge is 2.31. The first kappa shape index (κ1) is 12.0. The lowest BCUT2D eigenvalue weighted by atomic mass is 10.0. The first-order valence-electron chi connectivity index (χ1n) is 5.58. The lowest BCUT2D eigenvalue weighted by Crippen LogP contribution is -2.54. The molecular formula is C11H24N2O. The minimum absolute atomic E-state index is 0.0227. The van der Waals surface area contributed by atoms with Gasteiger partial charge in [-0.2, -0.15) is 0 Å². The van der Waals surface area contributed by atoms with Gasteiger partial charge in [0.05, 0.1) is 11.7 Å². The van der Waals surface area contributed by atoms with Crippen molar-refractivity contribution in [2.45, 2.75) is 51.9 Å². The summed E-state index contributed by atoms with van der Waals surface area (Å²) in [6, 6.07) is 0.302. The molecule has 0 aromatic carbocycles. The summed E-state index contributed by atoms with van der Waals surface area (Å²) in [6.45, 7) is 11.6. The third kappa shape index (κ3) is 3.56. The Morgan fingerprint density at radius 3 is 2.71 bits per heavy atom. The normalized spacial score (nSPS) is 30.2. The number of morpholine rings is 1. The molecule has 1 rings (SSSR count). The summed E-state index contributed by atoms with van der Waals surface area (Å²) < 4.78 is 5.84. The van der Waals surface area contributed by atoms with Gasteiger partial charge in [0, 0.05) is 25.7 Å². The Balaban J connectivity index is 2.45. The van der Waals surface area contributed by atoms with Gasteiger partial charge in [-0.05, 0) is 27.2 Å². The van der Waals surface area contributed by atoms with E-state index in [1.54, 1.807) is 0 Å². The van der Waals surface area contributed by atoms with Gasteiger partial charge in [0.2, 0.25) is 0 Å². The van der Waals surface area contributed by atoms with Gasteiger partial charge in [-0.1, -0.05) is 6.92 Å². The fourth-order valence-corrected chi connectivity index (χ4v) is 2.19. The lowest BCUT2D eigenvalue weighted by molar-refractivity contribution is -0.129. The van der Waals surface area contributed by atoms with Crippen molar-refractivity contribution in [3.63, 3.8) is 0 Å². The molecule has 2 unspecified atom stereocenters. The summed E-state index contributed by atoms with van der Waals surface area (Å²) >= 11 is 0. The summed E-state index contributed by atoms with van der Waals surface area (Å²) in [7, 11) is 0. The highest BCUT2D eigenvalue weighted by atomic mass is 16.5. The van der Waals surface area contributed by atoms with Gasteiger partial charge in [0.15, 0.2) is 0 Å². The van der Waals surface area contributed by atoms with Gasteiger partial charge in [0.25, 0.3) is 0 Å². The second kappa shape index (κ2) is 4.60. The maximum atomic E-state index is 5.96. The predicted octanol–water partition coefficient (Wildman–Crippen LogP) is 1.22. The van der Waals surface area contributed by atoms with Crippen LogP contribution in [0.2, 0.25) is 0 Å². The molecule has 2 N–H and O–H groups in total. The van der Waals surface area contributed by atoms with Crippen molar-refractivity contribution < 1.29 is 4.74 Å². The van der Waals surface area contributed by atoms with Crippen molar-refractivity contribution in [3.05, 3.63) is 0 Å². The summed E-state index contributed by atoms with van der Waals surface area (Å²) in [5.74, 6) is 0. The molecule has 0 bridgehead atoms. The van der Waals surface area contributed by atoms with E-state index >= 15 is 0 Å². The van der Waals surface area contributed by atoms with Gasteiger partial charge in [-0.3, -0.25) is 4.90 Å². The molecule has 0 aromatic heterocycles. The van der Waals surface area contributed by atoms with Crippen LogP contribution in [0.15, 0.2) is 0 Å². The van der Waals surface area contributed by atoms with Crippen LogP contribution < -0.4 is 5.73 Å². The maximum Gasteiger partial charge on any atom is 0.0757 e. The molecular weight excluding hydrogens is 176 g/mol. The highest BCUT2D eigenvalue weighted by molar-refractivity contribution is 4.83. The molecule has 0 radical (unpaired) electrons. The Morgan fingerprint density at radius 2 is 2.21 bits per heavy atom. The Hall–Kier alpha value is -0.120. The van der Waals surface area contributed by atoms with Gasteiger partial charge in [-0.15, -0.1) is 0 Å². The molecule has 14 heavy (non-hydrogen) atoms. The van der Waals surface area contributed by atoms with Crippen LogP contribution in [0, 0.1) is 0 Å². The SMILES string of the molecule is CCC(N)CN1CC(C)OC(C)(C)C1. The van der Waals surface area contributed by atoms with E-state index in [4.69, 9.17) is 10.5 Å². The van der Waals surface area contributed by atoms with Crippen LogP contribution in [-0.4, -0.2) is 42.3 Å². The first-order valence-corrected chi connectivity index (χ1v) is 5.58. The fraction of sp³-hybridized carbons (Fsp3) is 1.00. The van der Waals surface area contributed by atoms with E-state index in [0.29, 0.717) is 12.1 Å². The molecule has 3 heteroatoms. The molecule has 84 valence electrons. The van der Waals surface area contributed by atoms with E-state index in [9.17, 15) is 0 Å². The Labute approximate surface area is 87.6 Å². The minimum atomic E-state index is -0.0227. The smallest absolute Gasteiger partial charge is 0.0757 e. The summed E-state index contributed by atoms with van der Waals surface area (Å²) in [5, 5.41) is 0. The van der Waals surface area contributed by atoms with E-state index in [1.165, 1.54) is 0 Å². The van der Waals surface area contributed by atoms with E-state index in [0.717, 1.165) is 26.1 Å². The van der Waals surface area contributed by atoms with Crippen LogP contribution in [0.1, 0.15) is 34.1 Å². The second-order valence-corrected chi connectivity index (χ2v) is 5.05. The molecule has 1 saturated heterocycles. The van der Waals surface area contributed by atoms with Crippen molar-refractivity contribution in [3.8, 4) is 0 Å². The molecule has 0 spiro atoms. The summed E-state index contributed by atoms with van der Waals surface area (Å²) in [4.78, 5) is 2.42. The van der Waals surface area contributed by atoms with Crippen LogP contribution >= 0.6 is 0 Å². The van der Waals surface area contributed by atoms with Gasteiger partial charge < -0.3 is 10.5 Å². The largest absolute Gasteiger partial charge is 0.370 e. The van der Waals surface area contributed by atoms with E-state index < -0.39 is 0 Å². The molecule has 0 aromatic rings. The van der Waals surface area contributed by atoms with Crippen LogP contribution in [0.3, 0.4) is 0 Å². The first-order chi connectivity index (χ1) is 6.43. The average Bonchev–Trinajstić information content (AvgIpc) is 1.99. The van der Waals surface area contributed by atoms with Crippen LogP contribution in [0.4, 0.5) is 0 Å². The van der Waals surface area contributed by atoms with E-state index in [1.807, 2.05) is 0 Å². The van der Waals surface area contributed by atoms with Crippen LogP contribution in [-0.2, 0) is 4.74 Å². The van der Waals surface area contributed by atoms with Gasteiger partial charge in [0.1, 0.15) is 0 Å². The Kier molecular flexibility index (Phi) is 3.93. The fourth-order valence-electron chi connectivity index (χ4n) is 2.19. The van der Waals surface area contributed by atoms with E-state index in [-0.39, 0.29) is 5.60 Å². The molecule has 0 aliphatic carbocycles. The van der Waals surface area contributed by atoms with Crippen molar-refractivity contribution in [1.82, 2.24) is 4.90 Å². The third-order valence-electron chi connectivity index (χ3n) is 2.66. The van der Waals surface area contributed by atoms with Crippen LogP contribution in [0.25, 0.3) is 0 Å². The minimum Gasteiger partial charge on any atom is -0.370 e. The van der Waals surface area contributed by atoms with Gasteiger partial charge in [-0.25, -0.2) is 0 Å². The number of hydrogen-bond acceptors (Lipinski definition) is 3. The molecule has 1 heterocycles. The third-order valence-corrected chi connectivity index (χ3v) is 2.66. The zero-order valence-corrected chi connectivity index (χ0v) is 9.92. The zero-order valence-electron chi connectivity index (χ0n) is 9.92. The summed E-state index contributed by atoms with van der Waals surface area (Å²) in [6.07, 6.45) is 1.37. The van der Waals surface area contributed by atoms with Crippen molar-refractivity contribution in [1.29, 1.82) is 0 Å². The Bertz CT molecular complexity index is 182. The number of ether oxygens (including phenoxy) is 1. The number of nitrogens with two attached hydrogens (primary N) is 1. The Morgan fingerprint density at radius 1 is 1.57 bits per heavy atom. The molecule has 2 atom stereocenters.